The Labute approximate surface area is 192 Å². The van der Waals surface area contributed by atoms with Crippen molar-refractivity contribution < 1.29 is 18.9 Å². The number of hydrogen-bond acceptors (Lipinski definition) is 8. The van der Waals surface area contributed by atoms with Gasteiger partial charge in [0, 0.05) is 18.4 Å². The van der Waals surface area contributed by atoms with Crippen LogP contribution in [0.15, 0.2) is 40.9 Å². The van der Waals surface area contributed by atoms with Gasteiger partial charge < -0.3 is 9.84 Å². The maximum absolute atomic E-state index is 12.5. The van der Waals surface area contributed by atoms with Crippen molar-refractivity contribution in [1.29, 1.82) is 0 Å². The fourth-order valence-corrected chi connectivity index (χ4v) is 4.76. The highest BCUT2D eigenvalue weighted by atomic mass is 32.1. The second-order valence-corrected chi connectivity index (χ2v) is 8.93. The van der Waals surface area contributed by atoms with Gasteiger partial charge in [-0.1, -0.05) is 34.7 Å². The zero-order chi connectivity index (χ0) is 23.1. The van der Waals surface area contributed by atoms with Gasteiger partial charge >= 0.3 is 0 Å². The van der Waals surface area contributed by atoms with Gasteiger partial charge in [0.15, 0.2) is 5.58 Å². The van der Waals surface area contributed by atoms with E-state index in [1.807, 2.05) is 26.0 Å². The fraction of sp³-hybridized carbons (Fsp3) is 0.217. The van der Waals surface area contributed by atoms with Crippen molar-refractivity contribution in [3.05, 3.63) is 69.4 Å². The predicted octanol–water partition coefficient (Wildman–Crippen LogP) is 3.32. The van der Waals surface area contributed by atoms with Gasteiger partial charge in [0.2, 0.25) is 11.0 Å². The second kappa shape index (κ2) is 8.21. The van der Waals surface area contributed by atoms with Crippen LogP contribution in [0, 0.1) is 13.8 Å². The third-order valence-corrected chi connectivity index (χ3v) is 6.35. The molecule has 166 valence electrons. The molecule has 33 heavy (non-hydrogen) atoms. The summed E-state index contributed by atoms with van der Waals surface area (Å²) in [6.45, 7) is 4.13. The highest BCUT2D eigenvalue weighted by molar-refractivity contribution is 7.15. The number of carbonyl (C=O) groups excluding carboxylic acids is 3. The Balaban J connectivity index is 1.21. The summed E-state index contributed by atoms with van der Waals surface area (Å²) >= 11 is 1.20. The van der Waals surface area contributed by atoms with Crippen molar-refractivity contribution in [3.63, 3.8) is 0 Å². The predicted molar refractivity (Wildman–Crippen MR) is 121 cm³/mol. The van der Waals surface area contributed by atoms with Crippen LogP contribution in [-0.4, -0.2) is 44.5 Å². The third-order valence-electron chi connectivity index (χ3n) is 5.46. The van der Waals surface area contributed by atoms with Gasteiger partial charge in [-0.2, -0.15) is 0 Å². The quantitative estimate of drug-likeness (QED) is 0.438. The smallest absolute Gasteiger partial charge is 0.261 e. The molecule has 0 saturated heterocycles. The fourth-order valence-electron chi connectivity index (χ4n) is 4.01. The number of benzene rings is 2. The Bertz CT molecular complexity index is 1390. The van der Waals surface area contributed by atoms with Crippen LogP contribution in [0.2, 0.25) is 0 Å². The number of hydrogen-bond donors (Lipinski definition) is 1. The first-order valence-electron chi connectivity index (χ1n) is 10.3. The third kappa shape index (κ3) is 3.89. The molecule has 0 aliphatic carbocycles. The number of nitrogens with one attached hydrogen (secondary N) is 1. The van der Waals surface area contributed by atoms with Crippen LogP contribution in [0.25, 0.3) is 11.0 Å². The van der Waals surface area contributed by atoms with Crippen molar-refractivity contribution in [1.82, 2.24) is 20.3 Å². The molecule has 1 N–H and O–H groups in total. The number of imide groups is 1. The van der Waals surface area contributed by atoms with Crippen LogP contribution >= 0.6 is 11.3 Å². The molecule has 0 spiro atoms. The first-order valence-corrected chi connectivity index (χ1v) is 11.2. The molecule has 10 heteroatoms. The highest BCUT2D eigenvalue weighted by Crippen LogP contribution is 2.26. The molecular weight excluding hydrogens is 442 g/mol. The zero-order valence-corrected chi connectivity index (χ0v) is 18.7. The van der Waals surface area contributed by atoms with Gasteiger partial charge in [0.25, 0.3) is 11.8 Å². The molecule has 0 radical (unpaired) electrons. The van der Waals surface area contributed by atoms with Crippen LogP contribution in [0.5, 0.6) is 0 Å². The zero-order valence-electron chi connectivity index (χ0n) is 17.9. The number of rotatable bonds is 6. The van der Waals surface area contributed by atoms with E-state index in [0.717, 1.165) is 16.5 Å². The standard InChI is InChI=1S/C23H19N5O4S/c1-12-9-13(2)20-16(27-32-17(20)10-12)11-18(29)24-23-26-25-19(33-23)7-8-28-21(30)14-5-3-4-6-15(14)22(28)31/h3-6,9-10H,7-8,11H2,1-2H3,(H,24,26,29). The Morgan fingerprint density at radius 2 is 1.82 bits per heavy atom. The maximum atomic E-state index is 12.5. The average Bonchev–Trinajstić information content (AvgIpc) is 3.45. The molecule has 9 nitrogen and oxygen atoms in total. The number of carbonyl (C=O) groups is 3. The van der Waals surface area contributed by atoms with Gasteiger partial charge in [0.05, 0.1) is 17.5 Å². The number of amides is 3. The summed E-state index contributed by atoms with van der Waals surface area (Å²) in [6, 6.07) is 10.7. The van der Waals surface area contributed by atoms with E-state index in [-0.39, 0.29) is 30.7 Å². The lowest BCUT2D eigenvalue weighted by Crippen LogP contribution is -2.31. The van der Waals surface area contributed by atoms with Crippen LogP contribution in [0.3, 0.4) is 0 Å². The molecule has 3 amide bonds. The summed E-state index contributed by atoms with van der Waals surface area (Å²) in [5.41, 5.74) is 4.11. The van der Waals surface area contributed by atoms with E-state index in [4.69, 9.17) is 4.52 Å². The summed E-state index contributed by atoms with van der Waals surface area (Å²) in [5, 5.41) is 16.7. The first kappa shape index (κ1) is 21.0. The molecule has 4 aromatic rings. The van der Waals surface area contributed by atoms with Gasteiger partial charge in [-0.25, -0.2) is 0 Å². The lowest BCUT2D eigenvalue weighted by Gasteiger charge is -2.12. The minimum atomic E-state index is -0.307. The number of aryl methyl sites for hydroxylation is 2. The lowest BCUT2D eigenvalue weighted by atomic mass is 10.0. The van der Waals surface area contributed by atoms with Crippen molar-refractivity contribution in [3.8, 4) is 0 Å². The van der Waals surface area contributed by atoms with Crippen molar-refractivity contribution in [2.24, 2.45) is 0 Å². The topological polar surface area (TPSA) is 118 Å². The molecule has 1 aliphatic heterocycles. The normalized spacial score (nSPS) is 13.1. The summed E-state index contributed by atoms with van der Waals surface area (Å²) in [5.74, 6) is -0.897. The van der Waals surface area contributed by atoms with E-state index in [9.17, 15) is 14.4 Å². The molecule has 0 fully saturated rings. The van der Waals surface area contributed by atoms with Gasteiger partial charge in [-0.05, 0) is 43.2 Å². The summed E-state index contributed by atoms with van der Waals surface area (Å²) in [4.78, 5) is 38.7. The Morgan fingerprint density at radius 1 is 1.09 bits per heavy atom. The number of nitrogens with zero attached hydrogens (tertiary/aromatic N) is 4. The molecule has 0 atom stereocenters. The monoisotopic (exact) mass is 461 g/mol. The number of aromatic nitrogens is 3. The lowest BCUT2D eigenvalue weighted by molar-refractivity contribution is -0.115. The van der Waals surface area contributed by atoms with E-state index >= 15 is 0 Å². The van der Waals surface area contributed by atoms with Gasteiger partial charge in [-0.15, -0.1) is 10.2 Å². The molecule has 1 aliphatic rings. The number of anilines is 1. The minimum Gasteiger partial charge on any atom is -0.356 e. The molecular formula is C23H19N5O4S. The maximum Gasteiger partial charge on any atom is 0.261 e. The Morgan fingerprint density at radius 3 is 2.55 bits per heavy atom. The van der Waals surface area contributed by atoms with Crippen molar-refractivity contribution in [2.75, 3.05) is 11.9 Å². The van der Waals surface area contributed by atoms with E-state index in [0.29, 0.717) is 39.0 Å². The first-order chi connectivity index (χ1) is 15.9. The second-order valence-electron chi connectivity index (χ2n) is 7.87. The van der Waals surface area contributed by atoms with Gasteiger partial charge in [-0.3, -0.25) is 19.3 Å². The van der Waals surface area contributed by atoms with Crippen LogP contribution in [-0.2, 0) is 17.6 Å². The van der Waals surface area contributed by atoms with Gasteiger partial charge in [0.1, 0.15) is 10.7 Å². The van der Waals surface area contributed by atoms with E-state index in [1.165, 1.54) is 16.2 Å². The Hall–Kier alpha value is -3.92. The van der Waals surface area contributed by atoms with Crippen LogP contribution < -0.4 is 5.32 Å². The number of fused-ring (bicyclic) bond motifs is 2. The van der Waals surface area contributed by atoms with E-state index in [2.05, 4.69) is 20.7 Å². The largest absolute Gasteiger partial charge is 0.356 e. The Kier molecular flexibility index (Phi) is 5.21. The average molecular weight is 462 g/mol. The van der Waals surface area contributed by atoms with Crippen molar-refractivity contribution >= 4 is 45.2 Å². The molecule has 0 saturated carbocycles. The minimum absolute atomic E-state index is 0.0425. The van der Waals surface area contributed by atoms with Crippen LogP contribution in [0.1, 0.15) is 42.5 Å². The molecule has 5 rings (SSSR count). The summed E-state index contributed by atoms with van der Waals surface area (Å²) in [6.07, 6.45) is 0.395. The summed E-state index contributed by atoms with van der Waals surface area (Å²) in [7, 11) is 0. The van der Waals surface area contributed by atoms with Crippen LogP contribution in [0.4, 0.5) is 5.13 Å². The molecule has 0 unspecified atom stereocenters. The van der Waals surface area contributed by atoms with Crippen molar-refractivity contribution in [2.45, 2.75) is 26.7 Å². The molecule has 3 heterocycles. The molecule has 2 aromatic heterocycles. The molecule has 0 bridgehead atoms. The molecule has 2 aromatic carbocycles. The van der Waals surface area contributed by atoms with E-state index < -0.39 is 0 Å². The SMILES string of the molecule is Cc1cc(C)c2c(CC(=O)Nc3nnc(CCN4C(=O)c5ccccc5C4=O)s3)noc2c1. The highest BCUT2D eigenvalue weighted by Gasteiger charge is 2.34. The van der Waals surface area contributed by atoms with E-state index in [1.54, 1.807) is 24.3 Å². The summed E-state index contributed by atoms with van der Waals surface area (Å²) < 4.78 is 5.37.